The second kappa shape index (κ2) is 13.5. The number of benzene rings is 9. The van der Waals surface area contributed by atoms with Gasteiger partial charge in [0.05, 0.1) is 5.69 Å². The Morgan fingerprint density at radius 2 is 0.818 bits per heavy atom. The average molecular weight is 702 g/mol. The van der Waals surface area contributed by atoms with Gasteiger partial charge in [-0.3, -0.25) is 0 Å². The van der Waals surface area contributed by atoms with Crippen LogP contribution >= 0.6 is 0 Å². The first-order chi connectivity index (χ1) is 27.2. The Morgan fingerprint density at radius 1 is 0.345 bits per heavy atom. The fourth-order valence-electron chi connectivity index (χ4n) is 8.88. The smallest absolute Gasteiger partial charge is 0.0543 e. The first kappa shape index (κ1) is 32.7. The Balaban J connectivity index is 1.15. The molecule has 0 aliphatic heterocycles. The Kier molecular flexibility index (Phi) is 8.00. The van der Waals surface area contributed by atoms with E-state index in [2.05, 4.69) is 230 Å². The lowest BCUT2D eigenvalue weighted by molar-refractivity contribution is 0.714. The lowest BCUT2D eigenvalue weighted by Crippen LogP contribution is -2.22. The predicted octanol–water partition coefficient (Wildman–Crippen LogP) is 14.6. The lowest BCUT2D eigenvalue weighted by atomic mass is 9.74. The highest BCUT2D eigenvalue weighted by molar-refractivity contribution is 5.99. The normalized spacial score (nSPS) is 14.3. The maximum atomic E-state index is 2.45. The zero-order valence-electron chi connectivity index (χ0n) is 30.7. The predicted molar refractivity (Wildman–Crippen MR) is 232 cm³/mol. The van der Waals surface area contributed by atoms with Crippen molar-refractivity contribution in [3.63, 3.8) is 0 Å². The molecular weight excluding hydrogens is 663 g/mol. The molecule has 1 atom stereocenters. The molecule has 9 aromatic carbocycles. The fraction of sp³-hybridized carbons (Fsp3) is 0.0370. The van der Waals surface area contributed by atoms with E-state index in [9.17, 15) is 0 Å². The Morgan fingerprint density at radius 3 is 1.51 bits per heavy atom. The van der Waals surface area contributed by atoms with Gasteiger partial charge >= 0.3 is 0 Å². The first-order valence-electron chi connectivity index (χ1n) is 19.1. The summed E-state index contributed by atoms with van der Waals surface area (Å²) in [6.07, 6.45) is 0. The Bertz CT molecular complexity index is 2800. The molecule has 0 aromatic heterocycles. The maximum absolute atomic E-state index is 2.45. The van der Waals surface area contributed by atoms with E-state index in [1.54, 1.807) is 0 Å². The molecule has 1 unspecified atom stereocenters. The molecule has 0 fully saturated rings. The summed E-state index contributed by atoms with van der Waals surface area (Å²) in [5, 5.41) is 2.51. The van der Waals surface area contributed by atoms with Crippen molar-refractivity contribution in [2.24, 2.45) is 0 Å². The van der Waals surface area contributed by atoms with Gasteiger partial charge in [0.1, 0.15) is 0 Å². The van der Waals surface area contributed by atoms with Gasteiger partial charge in [0.2, 0.25) is 0 Å². The number of fused-ring (bicyclic) bond motifs is 4. The van der Waals surface area contributed by atoms with Gasteiger partial charge in [-0.2, -0.15) is 0 Å². The van der Waals surface area contributed by atoms with Crippen LogP contribution < -0.4 is 4.90 Å². The summed E-state index contributed by atoms with van der Waals surface area (Å²) in [7, 11) is 0. The maximum Gasteiger partial charge on any atom is 0.0543 e. The molecule has 0 saturated heterocycles. The standard InChI is InChI=1S/C54H39N/c1-54(42-20-6-3-7-21-42)50-27-13-12-25-49(50)53-51(54)28-15-29-52(53)55(44-36-32-41(33-37-44)48-26-14-19-39-18-8-9-22-46(39)48)43-34-30-40(31-35-43)47-24-11-10-23-45(47)38-16-4-2-5-17-38/h2-37H,1H3. The van der Waals surface area contributed by atoms with E-state index in [1.807, 2.05) is 0 Å². The van der Waals surface area contributed by atoms with Crippen molar-refractivity contribution in [3.05, 3.63) is 235 Å². The van der Waals surface area contributed by atoms with Crippen molar-refractivity contribution in [1.29, 1.82) is 0 Å². The molecule has 9 aromatic rings. The zero-order valence-corrected chi connectivity index (χ0v) is 30.7. The summed E-state index contributed by atoms with van der Waals surface area (Å²) < 4.78 is 0. The second-order valence-corrected chi connectivity index (χ2v) is 14.6. The highest BCUT2D eigenvalue weighted by Crippen LogP contribution is 2.56. The zero-order chi connectivity index (χ0) is 36.8. The fourth-order valence-corrected chi connectivity index (χ4v) is 8.88. The van der Waals surface area contributed by atoms with Crippen LogP contribution in [0.1, 0.15) is 23.6 Å². The highest BCUT2D eigenvalue weighted by atomic mass is 15.1. The van der Waals surface area contributed by atoms with Crippen LogP contribution in [-0.2, 0) is 5.41 Å². The van der Waals surface area contributed by atoms with E-state index >= 15 is 0 Å². The van der Waals surface area contributed by atoms with Crippen LogP contribution in [0.5, 0.6) is 0 Å². The van der Waals surface area contributed by atoms with Crippen LogP contribution in [0.3, 0.4) is 0 Å². The molecule has 0 radical (unpaired) electrons. The van der Waals surface area contributed by atoms with Crippen molar-refractivity contribution in [1.82, 2.24) is 0 Å². The van der Waals surface area contributed by atoms with Crippen molar-refractivity contribution < 1.29 is 0 Å². The van der Waals surface area contributed by atoms with E-state index in [4.69, 9.17) is 0 Å². The number of rotatable bonds is 7. The van der Waals surface area contributed by atoms with Crippen molar-refractivity contribution in [2.45, 2.75) is 12.3 Å². The van der Waals surface area contributed by atoms with Gasteiger partial charge in [0.15, 0.2) is 0 Å². The number of hydrogen-bond acceptors (Lipinski definition) is 1. The van der Waals surface area contributed by atoms with E-state index in [0.717, 1.165) is 11.4 Å². The molecule has 0 amide bonds. The van der Waals surface area contributed by atoms with Gasteiger partial charge in [-0.25, -0.2) is 0 Å². The summed E-state index contributed by atoms with van der Waals surface area (Å²) in [5.74, 6) is 0. The molecule has 0 N–H and O–H groups in total. The number of anilines is 3. The van der Waals surface area contributed by atoms with E-state index in [-0.39, 0.29) is 5.41 Å². The Hall–Kier alpha value is -6.96. The number of nitrogens with zero attached hydrogens (tertiary/aromatic N) is 1. The SMILES string of the molecule is CC1(c2ccccc2)c2ccccc2-c2c(N(c3ccc(-c4ccccc4-c4ccccc4)cc3)c3ccc(-c4cccc5ccccc45)cc3)cccc21. The van der Waals surface area contributed by atoms with Crippen LogP contribution in [0.25, 0.3) is 55.3 Å². The molecule has 1 heteroatoms. The average Bonchev–Trinajstić information content (AvgIpc) is 3.54. The van der Waals surface area contributed by atoms with E-state index < -0.39 is 0 Å². The molecule has 0 bridgehead atoms. The third kappa shape index (κ3) is 5.47. The summed E-state index contributed by atoms with van der Waals surface area (Å²) in [6, 6.07) is 79.7. The van der Waals surface area contributed by atoms with Crippen LogP contribution in [0.4, 0.5) is 17.1 Å². The Labute approximate surface area is 323 Å². The van der Waals surface area contributed by atoms with Crippen LogP contribution in [-0.4, -0.2) is 0 Å². The lowest BCUT2D eigenvalue weighted by Gasteiger charge is -2.30. The minimum Gasteiger partial charge on any atom is -0.310 e. The van der Waals surface area contributed by atoms with Crippen LogP contribution in [0.15, 0.2) is 218 Å². The summed E-state index contributed by atoms with van der Waals surface area (Å²) >= 11 is 0. The third-order valence-corrected chi connectivity index (χ3v) is 11.6. The topological polar surface area (TPSA) is 3.24 Å². The minimum atomic E-state index is -0.294. The molecular formula is C54H39N. The summed E-state index contributed by atoms with van der Waals surface area (Å²) in [5.41, 5.74) is 16.9. The molecule has 1 nitrogen and oxygen atoms in total. The number of hydrogen-bond donors (Lipinski definition) is 0. The van der Waals surface area contributed by atoms with Crippen molar-refractivity contribution >= 4 is 27.8 Å². The largest absolute Gasteiger partial charge is 0.310 e. The van der Waals surface area contributed by atoms with Gasteiger partial charge < -0.3 is 4.90 Å². The molecule has 0 saturated carbocycles. The minimum absolute atomic E-state index is 0.294. The van der Waals surface area contributed by atoms with Gasteiger partial charge in [-0.15, -0.1) is 0 Å². The van der Waals surface area contributed by atoms with Crippen LogP contribution in [0.2, 0.25) is 0 Å². The molecule has 55 heavy (non-hydrogen) atoms. The van der Waals surface area contributed by atoms with Gasteiger partial charge in [0, 0.05) is 22.4 Å². The molecule has 0 spiro atoms. The molecule has 0 heterocycles. The monoisotopic (exact) mass is 701 g/mol. The molecule has 1 aliphatic carbocycles. The quantitative estimate of drug-likeness (QED) is 0.160. The van der Waals surface area contributed by atoms with Crippen molar-refractivity contribution in [2.75, 3.05) is 4.90 Å². The summed E-state index contributed by atoms with van der Waals surface area (Å²) in [6.45, 7) is 2.39. The van der Waals surface area contributed by atoms with Gasteiger partial charge in [-0.1, -0.05) is 188 Å². The molecule has 1 aliphatic rings. The third-order valence-electron chi connectivity index (χ3n) is 11.6. The van der Waals surface area contributed by atoms with E-state index in [1.165, 1.54) is 77.7 Å². The summed E-state index contributed by atoms with van der Waals surface area (Å²) in [4.78, 5) is 2.45. The van der Waals surface area contributed by atoms with Crippen molar-refractivity contribution in [3.8, 4) is 44.5 Å². The second-order valence-electron chi connectivity index (χ2n) is 14.6. The molecule has 10 rings (SSSR count). The molecule has 260 valence electrons. The van der Waals surface area contributed by atoms with Gasteiger partial charge in [-0.05, 0) is 104 Å². The van der Waals surface area contributed by atoms with Gasteiger partial charge in [0.25, 0.3) is 0 Å². The first-order valence-corrected chi connectivity index (χ1v) is 19.1. The van der Waals surface area contributed by atoms with Crippen LogP contribution in [0, 0.1) is 0 Å². The van der Waals surface area contributed by atoms with E-state index in [0.29, 0.717) is 0 Å². The highest BCUT2D eigenvalue weighted by Gasteiger charge is 2.42.